The molecule has 2 aliphatic rings. The predicted molar refractivity (Wildman–Crippen MR) is 84.8 cm³/mol. The fraction of sp³-hybridized carbons (Fsp3) is 0.562. The number of halogens is 1. The Bertz CT molecular complexity index is 511. The van der Waals surface area contributed by atoms with Crippen molar-refractivity contribution in [2.45, 2.75) is 31.7 Å². The third-order valence-corrected chi connectivity index (χ3v) is 4.98. The van der Waals surface area contributed by atoms with Crippen LogP contribution in [-0.4, -0.2) is 25.7 Å². The van der Waals surface area contributed by atoms with Crippen LogP contribution < -0.4 is 10.2 Å². The van der Waals surface area contributed by atoms with E-state index in [1.54, 1.807) is 0 Å². The first-order valence-electron chi connectivity index (χ1n) is 7.44. The molecule has 2 fully saturated rings. The molecule has 3 rings (SSSR count). The van der Waals surface area contributed by atoms with E-state index in [9.17, 15) is 0 Å². The zero-order valence-corrected chi connectivity index (χ0v) is 13.2. The number of anilines is 1. The summed E-state index contributed by atoms with van der Waals surface area (Å²) in [6, 6.07) is 8.90. The van der Waals surface area contributed by atoms with Crippen molar-refractivity contribution in [3.05, 3.63) is 28.2 Å². The van der Waals surface area contributed by atoms with Gasteiger partial charge >= 0.3 is 0 Å². The minimum Gasteiger partial charge on any atom is -0.371 e. The molecule has 1 saturated carbocycles. The van der Waals surface area contributed by atoms with Gasteiger partial charge in [0.25, 0.3) is 0 Å². The van der Waals surface area contributed by atoms with Crippen molar-refractivity contribution in [3.63, 3.8) is 0 Å². The normalized spacial score (nSPS) is 19.9. The van der Waals surface area contributed by atoms with E-state index in [4.69, 9.17) is 5.26 Å². The van der Waals surface area contributed by atoms with Crippen LogP contribution in [0.15, 0.2) is 22.7 Å². The molecule has 1 aliphatic carbocycles. The Morgan fingerprint density at radius 3 is 2.60 bits per heavy atom. The molecule has 4 heteroatoms. The lowest BCUT2D eigenvalue weighted by Crippen LogP contribution is -2.43. The Labute approximate surface area is 129 Å². The fourth-order valence-corrected chi connectivity index (χ4v) is 3.24. The summed E-state index contributed by atoms with van der Waals surface area (Å²) in [6.07, 6.45) is 5.27. The van der Waals surface area contributed by atoms with Gasteiger partial charge < -0.3 is 10.2 Å². The van der Waals surface area contributed by atoms with Crippen LogP contribution in [0, 0.1) is 17.2 Å². The molecule has 0 radical (unpaired) electrons. The molecule has 0 spiro atoms. The minimum atomic E-state index is 0.689. The van der Waals surface area contributed by atoms with Crippen LogP contribution in [0.5, 0.6) is 0 Å². The third kappa shape index (κ3) is 3.34. The number of benzene rings is 1. The van der Waals surface area contributed by atoms with Crippen LogP contribution in [-0.2, 0) is 0 Å². The highest BCUT2D eigenvalue weighted by Crippen LogP contribution is 2.29. The second kappa shape index (κ2) is 6.15. The summed E-state index contributed by atoms with van der Waals surface area (Å²) in [5.74, 6) is 0.961. The third-order valence-electron chi connectivity index (χ3n) is 4.33. The van der Waals surface area contributed by atoms with Crippen molar-refractivity contribution in [1.82, 2.24) is 5.32 Å². The molecule has 1 aliphatic heterocycles. The number of nitrogens with one attached hydrogen (secondary N) is 1. The molecule has 1 saturated heterocycles. The van der Waals surface area contributed by atoms with Gasteiger partial charge in [-0.05, 0) is 72.3 Å². The molecule has 0 aromatic heterocycles. The van der Waals surface area contributed by atoms with Crippen molar-refractivity contribution >= 4 is 21.6 Å². The summed E-state index contributed by atoms with van der Waals surface area (Å²) in [5, 5.41) is 12.7. The van der Waals surface area contributed by atoms with Gasteiger partial charge in [0.2, 0.25) is 0 Å². The lowest BCUT2D eigenvalue weighted by atomic mass is 10.0. The summed E-state index contributed by atoms with van der Waals surface area (Å²) in [7, 11) is 0. The summed E-state index contributed by atoms with van der Waals surface area (Å²) < 4.78 is 0.895. The van der Waals surface area contributed by atoms with E-state index in [2.05, 4.69) is 44.3 Å². The lowest BCUT2D eigenvalue weighted by molar-refractivity contribution is 0.409. The Morgan fingerprint density at radius 2 is 2.00 bits per heavy atom. The average molecular weight is 334 g/mol. The average Bonchev–Trinajstić information content (AvgIpc) is 3.30. The molecule has 1 N–H and O–H groups in total. The predicted octanol–water partition coefficient (Wildman–Crippen LogP) is 3.29. The lowest BCUT2D eigenvalue weighted by Gasteiger charge is -2.34. The zero-order chi connectivity index (χ0) is 13.9. The van der Waals surface area contributed by atoms with E-state index in [1.165, 1.54) is 37.9 Å². The van der Waals surface area contributed by atoms with Gasteiger partial charge in [0.1, 0.15) is 6.07 Å². The zero-order valence-electron chi connectivity index (χ0n) is 11.6. The first kappa shape index (κ1) is 13.9. The molecule has 0 bridgehead atoms. The van der Waals surface area contributed by atoms with E-state index < -0.39 is 0 Å². The Balaban J connectivity index is 1.54. The molecule has 3 nitrogen and oxygen atoms in total. The maximum Gasteiger partial charge on any atom is 0.100 e. The highest BCUT2D eigenvalue weighted by Gasteiger charge is 2.24. The van der Waals surface area contributed by atoms with Gasteiger partial charge in [-0.15, -0.1) is 0 Å². The largest absolute Gasteiger partial charge is 0.371 e. The van der Waals surface area contributed by atoms with E-state index >= 15 is 0 Å². The van der Waals surface area contributed by atoms with Gasteiger partial charge in [0.05, 0.1) is 5.56 Å². The van der Waals surface area contributed by atoms with Crippen molar-refractivity contribution in [3.8, 4) is 6.07 Å². The second-order valence-electron chi connectivity index (χ2n) is 5.89. The maximum atomic E-state index is 8.96. The Hall–Kier alpha value is -1.05. The van der Waals surface area contributed by atoms with E-state index in [0.29, 0.717) is 11.6 Å². The van der Waals surface area contributed by atoms with Gasteiger partial charge in [-0.25, -0.2) is 0 Å². The molecule has 106 valence electrons. The number of piperidine rings is 1. The number of nitriles is 1. The smallest absolute Gasteiger partial charge is 0.100 e. The SMILES string of the molecule is N#Cc1ccc(N2CCC(NCC3CC3)CC2)cc1Br. The van der Waals surface area contributed by atoms with Crippen LogP contribution in [0.25, 0.3) is 0 Å². The molecule has 0 atom stereocenters. The quantitative estimate of drug-likeness (QED) is 0.918. The van der Waals surface area contributed by atoms with Gasteiger partial charge in [0.15, 0.2) is 0 Å². The topological polar surface area (TPSA) is 39.1 Å². The summed E-state index contributed by atoms with van der Waals surface area (Å²) in [6.45, 7) is 3.41. The molecule has 1 aromatic carbocycles. The number of hydrogen-bond acceptors (Lipinski definition) is 3. The highest BCUT2D eigenvalue weighted by molar-refractivity contribution is 9.10. The van der Waals surface area contributed by atoms with E-state index in [1.807, 2.05) is 6.07 Å². The Kier molecular flexibility index (Phi) is 4.28. The second-order valence-corrected chi connectivity index (χ2v) is 6.74. The van der Waals surface area contributed by atoms with Crippen LogP contribution in [0.4, 0.5) is 5.69 Å². The van der Waals surface area contributed by atoms with Crippen molar-refractivity contribution in [2.75, 3.05) is 24.5 Å². The van der Waals surface area contributed by atoms with E-state index in [0.717, 1.165) is 23.5 Å². The van der Waals surface area contributed by atoms with E-state index in [-0.39, 0.29) is 0 Å². The standard InChI is InChI=1S/C16H20BrN3/c17-16-9-15(4-3-13(16)10-18)20-7-5-14(6-8-20)19-11-12-1-2-12/h3-4,9,12,14,19H,1-2,5-8,11H2. The maximum absolute atomic E-state index is 8.96. The van der Waals surface area contributed by atoms with Crippen LogP contribution >= 0.6 is 15.9 Å². The number of nitrogens with zero attached hydrogens (tertiary/aromatic N) is 2. The van der Waals surface area contributed by atoms with Crippen LogP contribution in [0.3, 0.4) is 0 Å². The fourth-order valence-electron chi connectivity index (χ4n) is 2.79. The van der Waals surface area contributed by atoms with Crippen LogP contribution in [0.1, 0.15) is 31.2 Å². The molecule has 0 amide bonds. The molecule has 1 heterocycles. The molecule has 20 heavy (non-hydrogen) atoms. The molecular formula is C16H20BrN3. The summed E-state index contributed by atoms with van der Waals surface area (Å²) in [4.78, 5) is 2.42. The number of rotatable bonds is 4. The molecular weight excluding hydrogens is 314 g/mol. The minimum absolute atomic E-state index is 0.689. The first-order chi connectivity index (χ1) is 9.76. The number of hydrogen-bond donors (Lipinski definition) is 1. The summed E-state index contributed by atoms with van der Waals surface area (Å²) >= 11 is 3.47. The first-order valence-corrected chi connectivity index (χ1v) is 8.23. The molecule has 0 unspecified atom stereocenters. The van der Waals surface area contributed by atoms with Crippen molar-refractivity contribution < 1.29 is 0 Å². The van der Waals surface area contributed by atoms with Gasteiger partial charge in [-0.2, -0.15) is 5.26 Å². The Morgan fingerprint density at radius 1 is 1.25 bits per heavy atom. The molecule has 1 aromatic rings. The highest BCUT2D eigenvalue weighted by atomic mass is 79.9. The monoisotopic (exact) mass is 333 g/mol. The van der Waals surface area contributed by atoms with Gasteiger partial charge in [-0.3, -0.25) is 0 Å². The van der Waals surface area contributed by atoms with Crippen LogP contribution in [0.2, 0.25) is 0 Å². The van der Waals surface area contributed by atoms with Crippen molar-refractivity contribution in [2.24, 2.45) is 5.92 Å². The van der Waals surface area contributed by atoms with Crippen molar-refractivity contribution in [1.29, 1.82) is 5.26 Å². The van der Waals surface area contributed by atoms with Gasteiger partial charge in [-0.1, -0.05) is 0 Å². The summed E-state index contributed by atoms with van der Waals surface area (Å²) in [5.41, 5.74) is 1.92. The van der Waals surface area contributed by atoms with Gasteiger partial charge in [0, 0.05) is 29.3 Å².